The average molecular weight is 325 g/mol. The third-order valence-corrected chi connectivity index (χ3v) is 3.96. The Kier molecular flexibility index (Phi) is 5.22. The molecule has 0 aliphatic carbocycles. The molecule has 1 unspecified atom stereocenters. The minimum absolute atomic E-state index is 0.171. The molecule has 122 valence electrons. The van der Waals surface area contributed by atoms with Crippen LogP contribution < -0.4 is 5.32 Å². The van der Waals surface area contributed by atoms with E-state index in [0.29, 0.717) is 0 Å². The summed E-state index contributed by atoms with van der Waals surface area (Å²) in [6, 6.07) is 5.95. The molecule has 0 spiro atoms. The van der Waals surface area contributed by atoms with Crippen molar-refractivity contribution >= 4 is 23.4 Å². The minimum Gasteiger partial charge on any atom is -0.444 e. The Morgan fingerprint density at radius 3 is 2.82 bits per heavy atom. The summed E-state index contributed by atoms with van der Waals surface area (Å²) in [6.07, 6.45) is 1.80. The zero-order chi connectivity index (χ0) is 16.3. The van der Waals surface area contributed by atoms with Crippen LogP contribution in [0.1, 0.15) is 39.2 Å². The molecule has 5 heteroatoms. The van der Waals surface area contributed by atoms with Gasteiger partial charge < -0.3 is 15.0 Å². The van der Waals surface area contributed by atoms with Crippen molar-refractivity contribution in [2.45, 2.75) is 52.2 Å². The molecule has 1 aliphatic heterocycles. The molecule has 1 amide bonds. The number of ether oxygens (including phenoxy) is 1. The summed E-state index contributed by atoms with van der Waals surface area (Å²) in [5.41, 5.74) is 1.71. The average Bonchev–Trinajstić information content (AvgIpc) is 2.84. The van der Waals surface area contributed by atoms with Crippen LogP contribution in [-0.2, 0) is 4.74 Å². The van der Waals surface area contributed by atoms with E-state index in [1.807, 2.05) is 50.8 Å². The lowest BCUT2D eigenvalue weighted by molar-refractivity contribution is 0.0235. The van der Waals surface area contributed by atoms with Crippen LogP contribution in [0.5, 0.6) is 0 Å². The van der Waals surface area contributed by atoms with E-state index in [9.17, 15) is 4.79 Å². The fourth-order valence-electron chi connectivity index (χ4n) is 2.66. The van der Waals surface area contributed by atoms with Crippen molar-refractivity contribution in [2.24, 2.45) is 0 Å². The molecular formula is C17H25ClN2O2. The molecule has 22 heavy (non-hydrogen) atoms. The number of nitrogens with one attached hydrogen (secondary N) is 1. The lowest BCUT2D eigenvalue weighted by Crippen LogP contribution is -2.42. The maximum Gasteiger partial charge on any atom is 0.410 e. The monoisotopic (exact) mass is 324 g/mol. The maximum atomic E-state index is 12.3. The summed E-state index contributed by atoms with van der Waals surface area (Å²) in [5, 5.41) is 4.16. The number of anilines is 1. The van der Waals surface area contributed by atoms with E-state index < -0.39 is 5.60 Å². The van der Waals surface area contributed by atoms with Crippen LogP contribution in [0.4, 0.5) is 10.5 Å². The molecule has 1 N–H and O–H groups in total. The number of aryl methyl sites for hydroxylation is 1. The normalized spacial score (nSPS) is 18.4. The molecule has 1 aromatic rings. The summed E-state index contributed by atoms with van der Waals surface area (Å²) in [4.78, 5) is 14.1. The lowest BCUT2D eigenvalue weighted by atomic mass is 10.1. The first-order chi connectivity index (χ1) is 10.3. The van der Waals surface area contributed by atoms with E-state index in [2.05, 4.69) is 5.32 Å². The summed E-state index contributed by atoms with van der Waals surface area (Å²) >= 11 is 5.97. The minimum atomic E-state index is -0.454. The van der Waals surface area contributed by atoms with E-state index in [1.165, 1.54) is 0 Å². The van der Waals surface area contributed by atoms with E-state index in [-0.39, 0.29) is 12.1 Å². The number of carbonyl (C=O) groups is 1. The van der Waals surface area contributed by atoms with Gasteiger partial charge in [0.1, 0.15) is 5.60 Å². The van der Waals surface area contributed by atoms with Crippen molar-refractivity contribution in [3.8, 4) is 0 Å². The van der Waals surface area contributed by atoms with Crippen LogP contribution in [0.25, 0.3) is 0 Å². The van der Waals surface area contributed by atoms with Gasteiger partial charge in [0.05, 0.1) is 6.04 Å². The Morgan fingerprint density at radius 2 is 2.18 bits per heavy atom. The van der Waals surface area contributed by atoms with Gasteiger partial charge in [-0.2, -0.15) is 0 Å². The third-order valence-electron chi connectivity index (χ3n) is 3.72. The number of benzene rings is 1. The van der Waals surface area contributed by atoms with Crippen molar-refractivity contribution in [1.82, 2.24) is 4.90 Å². The Morgan fingerprint density at radius 1 is 1.45 bits per heavy atom. The molecule has 1 aliphatic rings. The van der Waals surface area contributed by atoms with Crippen molar-refractivity contribution < 1.29 is 9.53 Å². The topological polar surface area (TPSA) is 41.6 Å². The van der Waals surface area contributed by atoms with Crippen molar-refractivity contribution in [1.29, 1.82) is 0 Å². The van der Waals surface area contributed by atoms with Gasteiger partial charge in [0.25, 0.3) is 0 Å². The Bertz CT molecular complexity index is 540. The van der Waals surface area contributed by atoms with Crippen LogP contribution in [0.3, 0.4) is 0 Å². The van der Waals surface area contributed by atoms with Gasteiger partial charge in [0, 0.05) is 23.8 Å². The first kappa shape index (κ1) is 16.9. The van der Waals surface area contributed by atoms with E-state index >= 15 is 0 Å². The Balaban J connectivity index is 1.95. The molecular weight excluding hydrogens is 300 g/mol. The molecule has 1 atom stereocenters. The highest BCUT2D eigenvalue weighted by Gasteiger charge is 2.31. The summed E-state index contributed by atoms with van der Waals surface area (Å²) < 4.78 is 5.49. The van der Waals surface area contributed by atoms with Crippen LogP contribution in [0.15, 0.2) is 18.2 Å². The second kappa shape index (κ2) is 6.78. The molecule has 0 saturated carbocycles. The Labute approximate surface area is 137 Å². The number of rotatable bonds is 3. The van der Waals surface area contributed by atoms with E-state index in [0.717, 1.165) is 42.2 Å². The highest BCUT2D eigenvalue weighted by molar-refractivity contribution is 6.30. The third kappa shape index (κ3) is 4.54. The second-order valence-electron chi connectivity index (χ2n) is 6.81. The van der Waals surface area contributed by atoms with Crippen LogP contribution in [0, 0.1) is 6.92 Å². The molecule has 4 nitrogen and oxygen atoms in total. The van der Waals surface area contributed by atoms with E-state index in [4.69, 9.17) is 16.3 Å². The van der Waals surface area contributed by atoms with Gasteiger partial charge in [-0.05, 0) is 64.3 Å². The molecule has 1 saturated heterocycles. The smallest absolute Gasteiger partial charge is 0.410 e. The number of carbonyl (C=O) groups excluding carboxylic acids is 1. The standard InChI is InChI=1S/C17H25ClN2O2/c1-12-10-13(18)7-8-15(12)19-11-14-6-5-9-20(14)16(21)22-17(2,3)4/h7-8,10,14,19H,5-6,9,11H2,1-4H3. The quantitative estimate of drug-likeness (QED) is 0.892. The van der Waals surface area contributed by atoms with Gasteiger partial charge in [0.2, 0.25) is 0 Å². The molecule has 1 fully saturated rings. The number of hydrogen-bond donors (Lipinski definition) is 1. The zero-order valence-electron chi connectivity index (χ0n) is 13.8. The SMILES string of the molecule is Cc1cc(Cl)ccc1NCC1CCCN1C(=O)OC(C)(C)C. The van der Waals surface area contributed by atoms with Crippen molar-refractivity contribution in [3.63, 3.8) is 0 Å². The number of nitrogens with zero attached hydrogens (tertiary/aromatic N) is 1. The fraction of sp³-hybridized carbons (Fsp3) is 0.588. The van der Waals surface area contributed by atoms with Gasteiger partial charge in [0.15, 0.2) is 0 Å². The van der Waals surface area contributed by atoms with Crippen LogP contribution in [-0.4, -0.2) is 35.7 Å². The fourth-order valence-corrected chi connectivity index (χ4v) is 2.89. The molecule has 0 bridgehead atoms. The van der Waals surface area contributed by atoms with Crippen LogP contribution in [0.2, 0.25) is 5.02 Å². The predicted molar refractivity (Wildman–Crippen MR) is 90.6 cm³/mol. The number of amides is 1. The first-order valence-electron chi connectivity index (χ1n) is 7.76. The van der Waals surface area contributed by atoms with E-state index in [1.54, 1.807) is 0 Å². The molecule has 1 heterocycles. The number of halogens is 1. The highest BCUT2D eigenvalue weighted by atomic mass is 35.5. The lowest BCUT2D eigenvalue weighted by Gasteiger charge is -2.29. The summed E-state index contributed by atoms with van der Waals surface area (Å²) in [6.45, 7) is 9.19. The van der Waals surface area contributed by atoms with Gasteiger partial charge in [-0.25, -0.2) is 4.79 Å². The highest BCUT2D eigenvalue weighted by Crippen LogP contribution is 2.23. The summed E-state index contributed by atoms with van der Waals surface area (Å²) in [7, 11) is 0. The Hall–Kier alpha value is -1.42. The maximum absolute atomic E-state index is 12.3. The summed E-state index contributed by atoms with van der Waals surface area (Å²) in [5.74, 6) is 0. The molecule has 0 aromatic heterocycles. The van der Waals surface area contributed by atoms with Gasteiger partial charge in [-0.3, -0.25) is 0 Å². The van der Waals surface area contributed by atoms with Gasteiger partial charge in [-0.15, -0.1) is 0 Å². The largest absolute Gasteiger partial charge is 0.444 e. The van der Waals surface area contributed by atoms with Gasteiger partial charge in [-0.1, -0.05) is 11.6 Å². The predicted octanol–water partition coefficient (Wildman–Crippen LogP) is 4.46. The van der Waals surface area contributed by atoms with Crippen molar-refractivity contribution in [2.75, 3.05) is 18.4 Å². The van der Waals surface area contributed by atoms with Crippen LogP contribution >= 0.6 is 11.6 Å². The second-order valence-corrected chi connectivity index (χ2v) is 7.25. The first-order valence-corrected chi connectivity index (χ1v) is 8.14. The van der Waals surface area contributed by atoms with Crippen molar-refractivity contribution in [3.05, 3.63) is 28.8 Å². The molecule has 2 rings (SSSR count). The number of hydrogen-bond acceptors (Lipinski definition) is 3. The zero-order valence-corrected chi connectivity index (χ0v) is 14.5. The van der Waals surface area contributed by atoms with Gasteiger partial charge >= 0.3 is 6.09 Å². The number of likely N-dealkylation sites (tertiary alicyclic amines) is 1. The molecule has 1 aromatic carbocycles. The molecule has 0 radical (unpaired) electrons.